The summed E-state index contributed by atoms with van der Waals surface area (Å²) in [7, 11) is 0. The number of hydrogen-bond acceptors (Lipinski definition) is 2. The van der Waals surface area contributed by atoms with E-state index in [0.29, 0.717) is 0 Å². The smallest absolute Gasteiger partial charge is 0.156 e. The van der Waals surface area contributed by atoms with Gasteiger partial charge in [-0.05, 0) is 0 Å². The molecule has 0 amide bonds. The molecule has 0 aliphatic heterocycles. The first kappa shape index (κ1) is 7.47. The molecular weight excluding hydrogens is 138 g/mol. The molecule has 1 rings (SSSR count). The van der Waals surface area contributed by atoms with E-state index < -0.39 is 0 Å². The first-order chi connectivity index (χ1) is 5.38. The van der Waals surface area contributed by atoms with Crippen LogP contribution in [0.2, 0.25) is 0 Å². The van der Waals surface area contributed by atoms with Crippen LogP contribution in [-0.2, 0) is 0 Å². The monoisotopic (exact) mass is 147 g/mol. The fraction of sp³-hybridized carbons (Fsp3) is 0. The molecule has 0 spiro atoms. The SMILES string of the molecule is C=C/C=N\c1cncn1C=C. The normalized spacial score (nSPS) is 10.2. The minimum absolute atomic E-state index is 0.750. The van der Waals surface area contributed by atoms with E-state index in [0.717, 1.165) is 5.82 Å². The number of aromatic nitrogens is 2. The molecule has 0 saturated heterocycles. The molecule has 0 aliphatic rings. The third kappa shape index (κ3) is 1.64. The van der Waals surface area contributed by atoms with Crippen molar-refractivity contribution in [2.24, 2.45) is 4.99 Å². The van der Waals surface area contributed by atoms with Gasteiger partial charge >= 0.3 is 0 Å². The highest BCUT2D eigenvalue weighted by Crippen LogP contribution is 2.09. The van der Waals surface area contributed by atoms with Crippen molar-refractivity contribution in [3.8, 4) is 0 Å². The van der Waals surface area contributed by atoms with Crippen molar-refractivity contribution < 1.29 is 0 Å². The van der Waals surface area contributed by atoms with Gasteiger partial charge in [-0.1, -0.05) is 19.2 Å². The number of hydrogen-bond donors (Lipinski definition) is 0. The molecule has 0 radical (unpaired) electrons. The first-order valence-electron chi connectivity index (χ1n) is 3.18. The highest BCUT2D eigenvalue weighted by molar-refractivity contribution is 5.73. The van der Waals surface area contributed by atoms with E-state index in [1.807, 2.05) is 0 Å². The van der Waals surface area contributed by atoms with E-state index in [9.17, 15) is 0 Å². The predicted molar refractivity (Wildman–Crippen MR) is 47.0 cm³/mol. The molecule has 0 atom stereocenters. The van der Waals surface area contributed by atoms with Gasteiger partial charge in [0.25, 0.3) is 0 Å². The third-order valence-corrected chi connectivity index (χ3v) is 1.15. The van der Waals surface area contributed by atoms with Crippen molar-refractivity contribution in [1.29, 1.82) is 0 Å². The van der Waals surface area contributed by atoms with E-state index in [-0.39, 0.29) is 0 Å². The summed E-state index contributed by atoms with van der Waals surface area (Å²) in [5.74, 6) is 0.750. The summed E-state index contributed by atoms with van der Waals surface area (Å²) in [6, 6.07) is 0. The Bertz CT molecular complexity index is 283. The average molecular weight is 147 g/mol. The van der Waals surface area contributed by atoms with E-state index in [4.69, 9.17) is 0 Å². The predicted octanol–water partition coefficient (Wildman–Crippen LogP) is 1.87. The molecule has 1 aromatic heterocycles. The summed E-state index contributed by atoms with van der Waals surface area (Å²) in [6.45, 7) is 7.11. The van der Waals surface area contributed by atoms with Gasteiger partial charge in [0.1, 0.15) is 6.33 Å². The van der Waals surface area contributed by atoms with Gasteiger partial charge in [0.2, 0.25) is 0 Å². The topological polar surface area (TPSA) is 30.2 Å². The molecular formula is C8H9N3. The molecule has 0 unspecified atom stereocenters. The molecule has 0 aliphatic carbocycles. The Kier molecular flexibility index (Phi) is 2.38. The summed E-state index contributed by atoms with van der Waals surface area (Å²) in [4.78, 5) is 7.93. The molecule has 1 heterocycles. The second kappa shape index (κ2) is 3.51. The van der Waals surface area contributed by atoms with Crippen LogP contribution in [0.1, 0.15) is 0 Å². The van der Waals surface area contributed by atoms with Crippen LogP contribution in [0.25, 0.3) is 6.20 Å². The second-order valence-corrected chi connectivity index (χ2v) is 1.86. The number of allylic oxidation sites excluding steroid dienone is 1. The average Bonchev–Trinajstić information content (AvgIpc) is 2.47. The van der Waals surface area contributed by atoms with Crippen LogP contribution in [0.5, 0.6) is 0 Å². The van der Waals surface area contributed by atoms with Crippen LogP contribution in [0.4, 0.5) is 5.82 Å². The molecule has 1 aromatic rings. The Morgan fingerprint density at radius 2 is 2.36 bits per heavy atom. The van der Waals surface area contributed by atoms with Crippen molar-refractivity contribution in [3.63, 3.8) is 0 Å². The molecule has 0 aromatic carbocycles. The molecule has 0 fully saturated rings. The molecule has 11 heavy (non-hydrogen) atoms. The summed E-state index contributed by atoms with van der Waals surface area (Å²) in [5.41, 5.74) is 0. The van der Waals surface area contributed by atoms with E-state index in [1.54, 1.807) is 35.6 Å². The van der Waals surface area contributed by atoms with E-state index in [1.165, 1.54) is 0 Å². The Morgan fingerprint density at radius 1 is 1.55 bits per heavy atom. The Hall–Kier alpha value is -1.64. The Labute approximate surface area is 65.4 Å². The quantitative estimate of drug-likeness (QED) is 0.600. The van der Waals surface area contributed by atoms with Gasteiger partial charge < -0.3 is 0 Å². The lowest BCUT2D eigenvalue weighted by Crippen LogP contribution is -1.79. The number of nitrogens with zero attached hydrogens (tertiary/aromatic N) is 3. The maximum atomic E-state index is 4.04. The number of imidazole rings is 1. The largest absolute Gasteiger partial charge is 0.291 e. The summed E-state index contributed by atoms with van der Waals surface area (Å²) >= 11 is 0. The summed E-state index contributed by atoms with van der Waals surface area (Å²) in [5, 5.41) is 0. The third-order valence-electron chi connectivity index (χ3n) is 1.15. The summed E-state index contributed by atoms with van der Waals surface area (Å²) in [6.07, 6.45) is 8.16. The van der Waals surface area contributed by atoms with Crippen LogP contribution >= 0.6 is 0 Å². The molecule has 0 N–H and O–H groups in total. The maximum absolute atomic E-state index is 4.04. The lowest BCUT2D eigenvalue weighted by molar-refractivity contribution is 1.13. The van der Waals surface area contributed by atoms with Crippen LogP contribution in [0, 0.1) is 0 Å². The second-order valence-electron chi connectivity index (χ2n) is 1.86. The van der Waals surface area contributed by atoms with Crippen LogP contribution < -0.4 is 0 Å². The Morgan fingerprint density at radius 3 is 3.00 bits per heavy atom. The minimum Gasteiger partial charge on any atom is -0.291 e. The van der Waals surface area contributed by atoms with Gasteiger partial charge in [-0.2, -0.15) is 0 Å². The van der Waals surface area contributed by atoms with Crippen LogP contribution in [0.15, 0.2) is 36.8 Å². The molecule has 56 valence electrons. The van der Waals surface area contributed by atoms with Gasteiger partial charge in [0.15, 0.2) is 5.82 Å². The van der Waals surface area contributed by atoms with Crippen molar-refractivity contribution in [2.75, 3.05) is 0 Å². The fourth-order valence-corrected chi connectivity index (χ4v) is 0.667. The highest BCUT2D eigenvalue weighted by Gasteiger charge is 1.92. The van der Waals surface area contributed by atoms with Gasteiger partial charge in [0.05, 0.1) is 6.20 Å². The summed E-state index contributed by atoms with van der Waals surface area (Å²) < 4.78 is 1.72. The zero-order valence-electron chi connectivity index (χ0n) is 6.14. The lowest BCUT2D eigenvalue weighted by atomic mass is 10.6. The van der Waals surface area contributed by atoms with Crippen molar-refractivity contribution in [2.45, 2.75) is 0 Å². The van der Waals surface area contributed by atoms with Crippen molar-refractivity contribution in [1.82, 2.24) is 9.55 Å². The van der Waals surface area contributed by atoms with Crippen LogP contribution in [-0.4, -0.2) is 15.8 Å². The van der Waals surface area contributed by atoms with Crippen molar-refractivity contribution in [3.05, 3.63) is 31.8 Å². The van der Waals surface area contributed by atoms with E-state index in [2.05, 4.69) is 23.1 Å². The zero-order valence-corrected chi connectivity index (χ0v) is 6.14. The Balaban J connectivity index is 2.92. The number of aliphatic imine (C=N–C) groups is 1. The van der Waals surface area contributed by atoms with Gasteiger partial charge in [-0.3, -0.25) is 4.57 Å². The first-order valence-corrected chi connectivity index (χ1v) is 3.18. The van der Waals surface area contributed by atoms with Gasteiger partial charge in [-0.15, -0.1) is 0 Å². The lowest BCUT2D eigenvalue weighted by Gasteiger charge is -1.92. The number of rotatable bonds is 3. The minimum atomic E-state index is 0.750. The standard InChI is InChI=1S/C8H9N3/c1-3-5-10-8-6-9-7-11(8)4-2/h3-7H,1-2H2/b10-5-. The fourth-order valence-electron chi connectivity index (χ4n) is 0.667. The molecule has 3 heteroatoms. The van der Waals surface area contributed by atoms with Gasteiger partial charge in [-0.25, -0.2) is 9.98 Å². The van der Waals surface area contributed by atoms with Gasteiger partial charge in [0, 0.05) is 12.4 Å². The maximum Gasteiger partial charge on any atom is 0.156 e. The molecule has 0 saturated carbocycles. The highest BCUT2D eigenvalue weighted by atomic mass is 15.1. The van der Waals surface area contributed by atoms with Crippen molar-refractivity contribution >= 4 is 18.2 Å². The van der Waals surface area contributed by atoms with Crippen LogP contribution in [0.3, 0.4) is 0 Å². The molecule has 3 nitrogen and oxygen atoms in total. The zero-order chi connectivity index (χ0) is 8.10. The molecule has 0 bridgehead atoms. The van der Waals surface area contributed by atoms with E-state index >= 15 is 0 Å².